The zero-order chi connectivity index (χ0) is 13.3. The summed E-state index contributed by atoms with van der Waals surface area (Å²) in [5.74, 6) is 0.513. The molecular formula is C11H20N4O2S. The Labute approximate surface area is 108 Å². The van der Waals surface area contributed by atoms with Gasteiger partial charge < -0.3 is 5.73 Å². The number of nitrogens with two attached hydrogens (primary N) is 1. The van der Waals surface area contributed by atoms with E-state index in [1.807, 2.05) is 0 Å². The summed E-state index contributed by atoms with van der Waals surface area (Å²) < 4.78 is 28.8. The van der Waals surface area contributed by atoms with Crippen molar-refractivity contribution in [1.29, 1.82) is 0 Å². The van der Waals surface area contributed by atoms with Crippen LogP contribution < -0.4 is 10.5 Å². The van der Waals surface area contributed by atoms with Crippen molar-refractivity contribution < 1.29 is 8.42 Å². The van der Waals surface area contributed by atoms with Gasteiger partial charge in [0, 0.05) is 13.1 Å². The molecule has 0 atom stereocenters. The Morgan fingerprint density at radius 1 is 1.44 bits per heavy atom. The molecule has 0 amide bonds. The number of rotatable bonds is 6. The summed E-state index contributed by atoms with van der Waals surface area (Å²) in [4.78, 5) is 0.302. The van der Waals surface area contributed by atoms with E-state index >= 15 is 0 Å². The molecule has 102 valence electrons. The van der Waals surface area contributed by atoms with Crippen LogP contribution in [0.15, 0.2) is 4.90 Å². The summed E-state index contributed by atoms with van der Waals surface area (Å²) in [5.41, 5.74) is 6.66. The second-order valence-corrected chi connectivity index (χ2v) is 6.51. The molecule has 7 heteroatoms. The number of sulfonamides is 1. The Morgan fingerprint density at radius 3 is 2.67 bits per heavy atom. The van der Waals surface area contributed by atoms with Crippen molar-refractivity contribution in [3.05, 3.63) is 11.4 Å². The summed E-state index contributed by atoms with van der Waals surface area (Å²) in [6, 6.07) is 0. The first kappa shape index (κ1) is 13.5. The average Bonchev–Trinajstić information content (AvgIpc) is 3.05. The van der Waals surface area contributed by atoms with E-state index in [4.69, 9.17) is 5.73 Å². The van der Waals surface area contributed by atoms with Gasteiger partial charge in [0.05, 0.1) is 17.9 Å². The van der Waals surface area contributed by atoms with Crippen LogP contribution in [-0.2, 0) is 16.6 Å². The molecule has 0 radical (unpaired) electrons. The number of aromatic nitrogens is 2. The molecule has 0 bridgehead atoms. The van der Waals surface area contributed by atoms with Gasteiger partial charge in [0.15, 0.2) is 0 Å². The van der Waals surface area contributed by atoms with Crippen molar-refractivity contribution in [2.24, 2.45) is 11.7 Å². The van der Waals surface area contributed by atoms with Crippen LogP contribution in [0.1, 0.15) is 24.2 Å². The molecule has 1 aliphatic rings. The Morgan fingerprint density at radius 2 is 2.11 bits per heavy atom. The normalized spacial score (nSPS) is 16.2. The second kappa shape index (κ2) is 4.99. The molecule has 1 heterocycles. The molecule has 1 aliphatic carbocycles. The third-order valence-electron chi connectivity index (χ3n) is 3.18. The summed E-state index contributed by atoms with van der Waals surface area (Å²) in [6.45, 7) is 4.98. The van der Waals surface area contributed by atoms with Crippen LogP contribution in [0.2, 0.25) is 0 Å². The summed E-state index contributed by atoms with van der Waals surface area (Å²) >= 11 is 0. The van der Waals surface area contributed by atoms with Crippen LogP contribution in [0.5, 0.6) is 0 Å². The number of hydrogen-bond acceptors (Lipinski definition) is 4. The minimum Gasteiger partial charge on any atom is -0.329 e. The van der Waals surface area contributed by atoms with Crippen molar-refractivity contribution in [3.8, 4) is 0 Å². The molecule has 1 saturated carbocycles. The zero-order valence-electron chi connectivity index (χ0n) is 10.8. The number of nitrogens with zero attached hydrogens (tertiary/aromatic N) is 2. The molecule has 1 aromatic heterocycles. The summed E-state index contributed by atoms with van der Waals surface area (Å²) in [7, 11) is -3.45. The SMILES string of the molecule is Cc1nn(CCN)c(C)c1S(=O)(=O)NCC1CC1. The maximum Gasteiger partial charge on any atom is 0.244 e. The minimum atomic E-state index is -3.45. The van der Waals surface area contributed by atoms with Crippen LogP contribution in [0.4, 0.5) is 0 Å². The van der Waals surface area contributed by atoms with Gasteiger partial charge in [0.2, 0.25) is 10.0 Å². The number of hydrogen-bond donors (Lipinski definition) is 2. The Kier molecular flexibility index (Phi) is 3.74. The first-order valence-corrected chi connectivity index (χ1v) is 7.67. The van der Waals surface area contributed by atoms with Gasteiger partial charge in [-0.3, -0.25) is 4.68 Å². The van der Waals surface area contributed by atoms with Gasteiger partial charge in [0.1, 0.15) is 4.90 Å². The zero-order valence-corrected chi connectivity index (χ0v) is 11.6. The molecule has 0 aliphatic heterocycles. The lowest BCUT2D eigenvalue weighted by Gasteiger charge is -2.07. The third kappa shape index (κ3) is 2.73. The van der Waals surface area contributed by atoms with E-state index in [9.17, 15) is 8.42 Å². The van der Waals surface area contributed by atoms with E-state index in [2.05, 4.69) is 9.82 Å². The lowest BCUT2D eigenvalue weighted by atomic mass is 10.4. The standard InChI is InChI=1S/C11H20N4O2S/c1-8-11(9(2)15(14-8)6-5-12)18(16,17)13-7-10-3-4-10/h10,13H,3-7,12H2,1-2H3. The van der Waals surface area contributed by atoms with E-state index in [1.54, 1.807) is 18.5 Å². The van der Waals surface area contributed by atoms with E-state index in [0.29, 0.717) is 41.8 Å². The van der Waals surface area contributed by atoms with E-state index in [-0.39, 0.29) is 0 Å². The Balaban J connectivity index is 2.24. The van der Waals surface area contributed by atoms with E-state index in [1.165, 1.54) is 0 Å². The lowest BCUT2D eigenvalue weighted by molar-refractivity contribution is 0.574. The first-order valence-electron chi connectivity index (χ1n) is 6.19. The fraction of sp³-hybridized carbons (Fsp3) is 0.727. The van der Waals surface area contributed by atoms with Crippen LogP contribution in [0, 0.1) is 19.8 Å². The van der Waals surface area contributed by atoms with E-state index < -0.39 is 10.0 Å². The first-order chi connectivity index (χ1) is 8.45. The van der Waals surface area contributed by atoms with Crippen molar-refractivity contribution in [1.82, 2.24) is 14.5 Å². The maximum atomic E-state index is 12.2. The molecule has 0 saturated heterocycles. The smallest absolute Gasteiger partial charge is 0.244 e. The quantitative estimate of drug-likeness (QED) is 0.771. The monoisotopic (exact) mass is 272 g/mol. The van der Waals surface area contributed by atoms with Gasteiger partial charge in [-0.15, -0.1) is 0 Å². The van der Waals surface area contributed by atoms with Crippen LogP contribution in [0.25, 0.3) is 0 Å². The third-order valence-corrected chi connectivity index (χ3v) is 4.86. The van der Waals surface area contributed by atoms with Crippen LogP contribution in [-0.4, -0.2) is 31.3 Å². The fourth-order valence-electron chi connectivity index (χ4n) is 2.03. The van der Waals surface area contributed by atoms with Gasteiger partial charge in [-0.1, -0.05) is 0 Å². The van der Waals surface area contributed by atoms with Crippen molar-refractivity contribution in [3.63, 3.8) is 0 Å². The van der Waals surface area contributed by atoms with Gasteiger partial charge in [-0.25, -0.2) is 13.1 Å². The molecular weight excluding hydrogens is 252 g/mol. The van der Waals surface area contributed by atoms with Gasteiger partial charge >= 0.3 is 0 Å². The lowest BCUT2D eigenvalue weighted by Crippen LogP contribution is -2.27. The van der Waals surface area contributed by atoms with Crippen LogP contribution >= 0.6 is 0 Å². The topological polar surface area (TPSA) is 90.0 Å². The minimum absolute atomic E-state index is 0.302. The fourth-order valence-corrected chi connectivity index (χ4v) is 3.55. The van der Waals surface area contributed by atoms with Crippen molar-refractivity contribution in [2.45, 2.75) is 38.1 Å². The predicted octanol–water partition coefficient (Wildman–Crippen LogP) is 0.147. The molecule has 6 nitrogen and oxygen atoms in total. The van der Waals surface area contributed by atoms with Gasteiger partial charge in [-0.05, 0) is 32.6 Å². The van der Waals surface area contributed by atoms with Gasteiger partial charge in [0.25, 0.3) is 0 Å². The molecule has 3 N–H and O–H groups in total. The molecule has 0 aromatic carbocycles. The molecule has 2 rings (SSSR count). The number of nitrogens with one attached hydrogen (secondary N) is 1. The second-order valence-electron chi connectivity index (χ2n) is 4.81. The van der Waals surface area contributed by atoms with Crippen molar-refractivity contribution in [2.75, 3.05) is 13.1 Å². The molecule has 0 unspecified atom stereocenters. The molecule has 1 fully saturated rings. The van der Waals surface area contributed by atoms with E-state index in [0.717, 1.165) is 12.8 Å². The summed E-state index contributed by atoms with van der Waals surface area (Å²) in [5, 5.41) is 4.23. The predicted molar refractivity (Wildman–Crippen MR) is 68.7 cm³/mol. The molecule has 18 heavy (non-hydrogen) atoms. The highest BCUT2D eigenvalue weighted by Gasteiger charge is 2.28. The highest BCUT2D eigenvalue weighted by Crippen LogP contribution is 2.28. The maximum absolute atomic E-state index is 12.2. The highest BCUT2D eigenvalue weighted by molar-refractivity contribution is 7.89. The molecule has 1 aromatic rings. The molecule has 0 spiro atoms. The van der Waals surface area contributed by atoms with Crippen molar-refractivity contribution >= 4 is 10.0 Å². The Hall–Kier alpha value is -0.920. The van der Waals surface area contributed by atoms with Gasteiger partial charge in [-0.2, -0.15) is 5.10 Å². The highest BCUT2D eigenvalue weighted by atomic mass is 32.2. The summed E-state index contributed by atoms with van der Waals surface area (Å²) in [6.07, 6.45) is 2.24. The van der Waals surface area contributed by atoms with Crippen LogP contribution in [0.3, 0.4) is 0 Å². The number of aryl methyl sites for hydroxylation is 1. The largest absolute Gasteiger partial charge is 0.329 e. The average molecular weight is 272 g/mol. The Bertz CT molecular complexity index is 531.